The third kappa shape index (κ3) is 2.78. The molecule has 2 rings (SSSR count). The molecule has 0 radical (unpaired) electrons. The van der Waals surface area contributed by atoms with Crippen molar-refractivity contribution in [2.45, 2.75) is 19.4 Å². The Bertz CT molecular complexity index is 612. The quantitative estimate of drug-likeness (QED) is 0.720. The molecule has 1 heterocycles. The van der Waals surface area contributed by atoms with Gasteiger partial charge in [-0.05, 0) is 31.0 Å². The fraction of sp³-hybridized carbons (Fsp3) is 0.333. The molecule has 1 amide bonds. The zero-order valence-corrected chi connectivity index (χ0v) is 9.90. The van der Waals surface area contributed by atoms with E-state index in [2.05, 4.69) is 10.3 Å². The van der Waals surface area contributed by atoms with Crippen LogP contribution in [-0.4, -0.2) is 28.6 Å². The number of nitrogens with one attached hydrogen (secondary N) is 2. The summed E-state index contributed by atoms with van der Waals surface area (Å²) in [5, 5.41) is 11.6. The number of carbonyl (C=O) groups excluding carboxylic acids is 1. The molecule has 3 N–H and O–H groups in total. The summed E-state index contributed by atoms with van der Waals surface area (Å²) in [5.41, 5.74) is 2.09. The van der Waals surface area contributed by atoms with E-state index < -0.39 is 17.8 Å². The number of aliphatic hydroxyl groups is 1. The highest BCUT2D eigenvalue weighted by molar-refractivity contribution is 5.80. The van der Waals surface area contributed by atoms with E-state index in [1.54, 1.807) is 12.1 Å². The molecule has 1 atom stereocenters. The number of fused-ring (bicyclic) bond motifs is 1. The van der Waals surface area contributed by atoms with Gasteiger partial charge >= 0.3 is 5.76 Å². The summed E-state index contributed by atoms with van der Waals surface area (Å²) in [6, 6.07) is 5.36. The fourth-order valence-corrected chi connectivity index (χ4v) is 1.62. The number of benzene rings is 1. The van der Waals surface area contributed by atoms with Crippen molar-refractivity contribution in [3.05, 3.63) is 34.3 Å². The number of hydrogen-bond donors (Lipinski definition) is 3. The summed E-state index contributed by atoms with van der Waals surface area (Å²) in [6.45, 7) is 1.83. The number of aromatic nitrogens is 1. The van der Waals surface area contributed by atoms with Crippen molar-refractivity contribution in [1.29, 1.82) is 0 Å². The second-order valence-electron chi connectivity index (χ2n) is 4.06. The van der Waals surface area contributed by atoms with E-state index >= 15 is 0 Å². The molecule has 0 spiro atoms. The van der Waals surface area contributed by atoms with Crippen LogP contribution in [0.1, 0.15) is 12.5 Å². The van der Waals surface area contributed by atoms with Crippen LogP contribution in [0, 0.1) is 0 Å². The van der Waals surface area contributed by atoms with Crippen molar-refractivity contribution in [1.82, 2.24) is 10.3 Å². The number of aliphatic hydroxyl groups excluding tert-OH is 1. The van der Waals surface area contributed by atoms with Gasteiger partial charge in [0.2, 0.25) is 5.91 Å². The molecular weight excluding hydrogens is 236 g/mol. The molecule has 1 aromatic heterocycles. The van der Waals surface area contributed by atoms with Gasteiger partial charge in [0, 0.05) is 6.54 Å². The fourth-order valence-electron chi connectivity index (χ4n) is 1.62. The van der Waals surface area contributed by atoms with Crippen LogP contribution in [0.4, 0.5) is 0 Å². The predicted octanol–water partition coefficient (Wildman–Crippen LogP) is 0.161. The van der Waals surface area contributed by atoms with Gasteiger partial charge in [0.15, 0.2) is 5.58 Å². The Morgan fingerprint density at radius 3 is 3.06 bits per heavy atom. The lowest BCUT2D eigenvalue weighted by molar-refractivity contribution is -0.128. The topological polar surface area (TPSA) is 95.3 Å². The highest BCUT2D eigenvalue weighted by atomic mass is 16.4. The molecule has 0 fully saturated rings. The molecule has 0 saturated heterocycles. The number of rotatable bonds is 4. The standard InChI is InChI=1S/C12H14N2O4/c1-7(15)11(16)13-5-4-8-2-3-9-10(6-8)18-12(17)14-9/h2-3,6-7,15H,4-5H2,1H3,(H,13,16)(H,14,17). The lowest BCUT2D eigenvalue weighted by atomic mass is 10.1. The summed E-state index contributed by atoms with van der Waals surface area (Å²) < 4.78 is 4.94. The van der Waals surface area contributed by atoms with Gasteiger partial charge in [-0.1, -0.05) is 6.07 Å². The van der Waals surface area contributed by atoms with Crippen LogP contribution < -0.4 is 11.1 Å². The Kier molecular flexibility index (Phi) is 3.47. The Hall–Kier alpha value is -2.08. The average Bonchev–Trinajstić information content (AvgIpc) is 2.68. The summed E-state index contributed by atoms with van der Waals surface area (Å²) >= 11 is 0. The van der Waals surface area contributed by atoms with Gasteiger partial charge in [-0.2, -0.15) is 0 Å². The number of H-pyrrole nitrogens is 1. The Morgan fingerprint density at radius 2 is 2.33 bits per heavy atom. The van der Waals surface area contributed by atoms with Gasteiger partial charge in [0.1, 0.15) is 6.10 Å². The first-order chi connectivity index (χ1) is 8.56. The van der Waals surface area contributed by atoms with Crippen molar-refractivity contribution in [3.8, 4) is 0 Å². The van der Waals surface area contributed by atoms with Crippen molar-refractivity contribution in [3.63, 3.8) is 0 Å². The van der Waals surface area contributed by atoms with Gasteiger partial charge in [0.25, 0.3) is 0 Å². The van der Waals surface area contributed by atoms with E-state index in [4.69, 9.17) is 9.52 Å². The Morgan fingerprint density at radius 1 is 1.56 bits per heavy atom. The van der Waals surface area contributed by atoms with Crippen LogP contribution in [0.25, 0.3) is 11.1 Å². The van der Waals surface area contributed by atoms with Crippen LogP contribution in [0.2, 0.25) is 0 Å². The molecule has 0 aliphatic carbocycles. The molecule has 1 unspecified atom stereocenters. The molecule has 6 heteroatoms. The number of hydrogen-bond acceptors (Lipinski definition) is 4. The van der Waals surface area contributed by atoms with Gasteiger partial charge < -0.3 is 14.8 Å². The summed E-state index contributed by atoms with van der Waals surface area (Å²) in [5.74, 6) is -0.881. The Balaban J connectivity index is 1.99. The van der Waals surface area contributed by atoms with Crippen LogP contribution in [0.5, 0.6) is 0 Å². The van der Waals surface area contributed by atoms with Crippen LogP contribution in [0.15, 0.2) is 27.4 Å². The number of amides is 1. The van der Waals surface area contributed by atoms with Crippen molar-refractivity contribution < 1.29 is 14.3 Å². The van der Waals surface area contributed by atoms with Gasteiger partial charge in [-0.25, -0.2) is 4.79 Å². The minimum Gasteiger partial charge on any atom is -0.408 e. The lowest BCUT2D eigenvalue weighted by Crippen LogP contribution is -2.33. The van der Waals surface area contributed by atoms with Gasteiger partial charge in [-0.15, -0.1) is 0 Å². The van der Waals surface area contributed by atoms with Crippen LogP contribution in [0.3, 0.4) is 0 Å². The van der Waals surface area contributed by atoms with Gasteiger partial charge in [-0.3, -0.25) is 9.78 Å². The first-order valence-electron chi connectivity index (χ1n) is 5.64. The molecular formula is C12H14N2O4. The molecule has 0 aliphatic rings. The highest BCUT2D eigenvalue weighted by Crippen LogP contribution is 2.12. The smallest absolute Gasteiger partial charge is 0.408 e. The van der Waals surface area contributed by atoms with E-state index in [-0.39, 0.29) is 0 Å². The minimum absolute atomic E-state index is 0.399. The molecule has 0 saturated carbocycles. The summed E-state index contributed by atoms with van der Waals surface area (Å²) in [4.78, 5) is 24.6. The maximum absolute atomic E-state index is 11.1. The van der Waals surface area contributed by atoms with Crippen molar-refractivity contribution in [2.75, 3.05) is 6.54 Å². The van der Waals surface area contributed by atoms with E-state index in [0.29, 0.717) is 24.1 Å². The molecule has 96 valence electrons. The normalized spacial score (nSPS) is 12.6. The molecule has 18 heavy (non-hydrogen) atoms. The third-order valence-electron chi connectivity index (χ3n) is 2.58. The maximum atomic E-state index is 11.1. The molecule has 1 aromatic carbocycles. The minimum atomic E-state index is -1.00. The van der Waals surface area contributed by atoms with E-state index in [0.717, 1.165) is 5.56 Å². The summed E-state index contributed by atoms with van der Waals surface area (Å²) in [7, 11) is 0. The summed E-state index contributed by atoms with van der Waals surface area (Å²) in [6.07, 6.45) is -0.404. The van der Waals surface area contributed by atoms with E-state index in [9.17, 15) is 9.59 Å². The largest absolute Gasteiger partial charge is 0.417 e. The maximum Gasteiger partial charge on any atom is 0.417 e. The van der Waals surface area contributed by atoms with E-state index in [1.165, 1.54) is 6.92 Å². The van der Waals surface area contributed by atoms with Gasteiger partial charge in [0.05, 0.1) is 5.52 Å². The second-order valence-corrected chi connectivity index (χ2v) is 4.06. The predicted molar refractivity (Wildman–Crippen MR) is 65.2 cm³/mol. The Labute approximate surface area is 103 Å². The monoisotopic (exact) mass is 250 g/mol. The first-order valence-corrected chi connectivity index (χ1v) is 5.64. The van der Waals surface area contributed by atoms with Crippen molar-refractivity contribution >= 4 is 17.0 Å². The zero-order valence-electron chi connectivity index (χ0n) is 9.90. The molecule has 6 nitrogen and oxygen atoms in total. The average molecular weight is 250 g/mol. The molecule has 2 aromatic rings. The molecule has 0 aliphatic heterocycles. The number of aromatic amines is 1. The van der Waals surface area contributed by atoms with E-state index in [1.807, 2.05) is 6.07 Å². The first kappa shape index (κ1) is 12.4. The molecule has 0 bridgehead atoms. The van der Waals surface area contributed by atoms with Crippen LogP contribution in [-0.2, 0) is 11.2 Å². The number of oxazole rings is 1. The second kappa shape index (κ2) is 5.05. The third-order valence-corrected chi connectivity index (χ3v) is 2.58. The highest BCUT2D eigenvalue weighted by Gasteiger charge is 2.07. The SMILES string of the molecule is CC(O)C(=O)NCCc1ccc2[nH]c(=O)oc2c1. The van der Waals surface area contributed by atoms with Crippen LogP contribution >= 0.6 is 0 Å². The van der Waals surface area contributed by atoms with Crippen molar-refractivity contribution in [2.24, 2.45) is 0 Å². The number of carbonyl (C=O) groups is 1. The zero-order chi connectivity index (χ0) is 13.1. The lowest BCUT2D eigenvalue weighted by Gasteiger charge is -2.06.